The summed E-state index contributed by atoms with van der Waals surface area (Å²) in [4.78, 5) is 13.5. The van der Waals surface area contributed by atoms with Gasteiger partial charge < -0.3 is 19.7 Å². The number of allylic oxidation sites excluding steroid dienone is 1. The van der Waals surface area contributed by atoms with Crippen LogP contribution in [-0.4, -0.2) is 71.8 Å². The number of nitrogens with one attached hydrogen (secondary N) is 1. The number of rotatable bonds is 7. The minimum absolute atomic E-state index is 0.0118. The van der Waals surface area contributed by atoms with E-state index in [2.05, 4.69) is 22.1 Å². The fourth-order valence-corrected chi connectivity index (χ4v) is 5.99. The number of alkyl halides is 3. The van der Waals surface area contributed by atoms with Gasteiger partial charge in [0.1, 0.15) is 22.4 Å². The first-order chi connectivity index (χ1) is 20.2. The predicted molar refractivity (Wildman–Crippen MR) is 151 cm³/mol. The largest absolute Gasteiger partial charge is 0.497 e. The standard InChI is InChI=1S/C28H26F3N7O3S/c1-3-13-37-24(42-27(28(29,30)31,33-26(37)39)19-9-11-21(40-2)12-10-19)22(18-32)23-34-35-25(36-14-16-41-17-15-36)38(23)20-7-5-4-6-8-20/h3-12H,1,13-17H2,2H3,(H,33,39)/b24-22-/t27-/m0/s1. The molecule has 1 N–H and O–H groups in total. The minimum Gasteiger partial charge on any atom is -0.497 e. The van der Waals surface area contributed by atoms with Crippen LogP contribution in [-0.2, 0) is 9.61 Å². The number of amides is 2. The van der Waals surface area contributed by atoms with Gasteiger partial charge in [0.25, 0.3) is 0 Å². The van der Waals surface area contributed by atoms with E-state index >= 15 is 13.2 Å². The molecule has 3 heterocycles. The SMILES string of the molecule is C=CCN1C(=O)N[C@](c2ccc(OC)cc2)(C(F)(F)F)S/C1=C(/C#N)c1nnc(N2CCOCC2)n1-c1ccccc1. The number of ether oxygens (including phenoxy) is 2. The molecule has 10 nitrogen and oxygen atoms in total. The first-order valence-electron chi connectivity index (χ1n) is 12.8. The van der Waals surface area contributed by atoms with Gasteiger partial charge in [-0.15, -0.1) is 16.8 Å². The van der Waals surface area contributed by atoms with Crippen molar-refractivity contribution in [2.75, 3.05) is 44.9 Å². The van der Waals surface area contributed by atoms with Gasteiger partial charge in [-0.2, -0.15) is 18.4 Å². The van der Waals surface area contributed by atoms with E-state index in [4.69, 9.17) is 9.47 Å². The van der Waals surface area contributed by atoms with Crippen molar-refractivity contribution >= 4 is 29.3 Å². The molecule has 2 aliphatic heterocycles. The lowest BCUT2D eigenvalue weighted by Crippen LogP contribution is -2.60. The van der Waals surface area contributed by atoms with E-state index in [0.717, 1.165) is 4.90 Å². The van der Waals surface area contributed by atoms with Gasteiger partial charge in [-0.25, -0.2) is 4.79 Å². The predicted octanol–water partition coefficient (Wildman–Crippen LogP) is 4.66. The van der Waals surface area contributed by atoms with Crippen molar-refractivity contribution in [3.8, 4) is 17.5 Å². The van der Waals surface area contributed by atoms with E-state index in [1.165, 1.54) is 37.5 Å². The van der Waals surface area contributed by atoms with Gasteiger partial charge in [0, 0.05) is 19.6 Å². The molecule has 0 aliphatic carbocycles. The number of benzene rings is 2. The van der Waals surface area contributed by atoms with Crippen molar-refractivity contribution in [2.45, 2.75) is 11.0 Å². The number of morpholine rings is 1. The van der Waals surface area contributed by atoms with Crippen LogP contribution in [0.4, 0.5) is 23.9 Å². The summed E-state index contributed by atoms with van der Waals surface area (Å²) in [6, 6.07) is 15.1. The molecule has 42 heavy (non-hydrogen) atoms. The third-order valence-electron chi connectivity index (χ3n) is 6.73. The molecule has 0 bridgehead atoms. The number of halogens is 3. The average Bonchev–Trinajstić information content (AvgIpc) is 3.44. The van der Waals surface area contributed by atoms with E-state index in [-0.39, 0.29) is 28.5 Å². The van der Waals surface area contributed by atoms with Gasteiger partial charge in [-0.3, -0.25) is 9.47 Å². The Morgan fingerprint density at radius 1 is 1.19 bits per heavy atom. The maximum Gasteiger partial charge on any atom is 0.425 e. The summed E-state index contributed by atoms with van der Waals surface area (Å²) < 4.78 is 57.3. The Morgan fingerprint density at radius 3 is 2.48 bits per heavy atom. The van der Waals surface area contributed by atoms with Crippen LogP contribution >= 0.6 is 11.8 Å². The first-order valence-corrected chi connectivity index (χ1v) is 13.6. The number of nitriles is 1. The van der Waals surface area contributed by atoms with E-state index in [1.807, 2.05) is 17.0 Å². The molecule has 2 aromatic carbocycles. The third kappa shape index (κ3) is 5.17. The molecule has 218 valence electrons. The van der Waals surface area contributed by atoms with Crippen molar-refractivity contribution in [1.29, 1.82) is 5.26 Å². The Bertz CT molecular complexity index is 1530. The van der Waals surface area contributed by atoms with E-state index in [0.29, 0.717) is 55.5 Å². The summed E-state index contributed by atoms with van der Waals surface area (Å²) in [5, 5.41) is 21.0. The van der Waals surface area contributed by atoms with Crippen LogP contribution in [0.15, 0.2) is 72.3 Å². The number of hydrogen-bond donors (Lipinski definition) is 1. The molecule has 2 amide bonds. The highest BCUT2D eigenvalue weighted by Gasteiger charge is 2.62. The van der Waals surface area contributed by atoms with Gasteiger partial charge >= 0.3 is 12.2 Å². The molecule has 14 heteroatoms. The van der Waals surface area contributed by atoms with Crippen molar-refractivity contribution in [1.82, 2.24) is 25.0 Å². The molecule has 0 radical (unpaired) electrons. The number of para-hydroxylation sites is 1. The number of anilines is 1. The molecule has 5 rings (SSSR count). The Balaban J connectivity index is 1.75. The highest BCUT2D eigenvalue weighted by Crippen LogP contribution is 2.54. The third-order valence-corrected chi connectivity index (χ3v) is 8.23. The van der Waals surface area contributed by atoms with E-state index in [9.17, 15) is 10.1 Å². The number of hydrogen-bond acceptors (Lipinski definition) is 8. The van der Waals surface area contributed by atoms with Crippen LogP contribution in [0.1, 0.15) is 11.4 Å². The molecular formula is C28H26F3N7O3S. The number of aromatic nitrogens is 3. The molecule has 1 atom stereocenters. The topological polar surface area (TPSA) is 109 Å². The summed E-state index contributed by atoms with van der Waals surface area (Å²) in [6.07, 6.45) is -3.61. The maximum atomic E-state index is 15.0. The molecule has 0 unspecified atom stereocenters. The Morgan fingerprint density at radius 2 is 1.88 bits per heavy atom. The molecule has 2 fully saturated rings. The zero-order valence-electron chi connectivity index (χ0n) is 22.5. The van der Waals surface area contributed by atoms with Crippen LogP contribution in [0.25, 0.3) is 11.3 Å². The van der Waals surface area contributed by atoms with Crippen molar-refractivity contribution in [3.63, 3.8) is 0 Å². The van der Waals surface area contributed by atoms with Gasteiger partial charge in [-0.1, -0.05) is 48.2 Å². The lowest BCUT2D eigenvalue weighted by Gasteiger charge is -2.44. The highest BCUT2D eigenvalue weighted by atomic mass is 32.2. The number of urea groups is 1. The quantitative estimate of drug-likeness (QED) is 0.310. The summed E-state index contributed by atoms with van der Waals surface area (Å²) in [5.74, 6) is 0.726. The van der Waals surface area contributed by atoms with Crippen LogP contribution in [0.3, 0.4) is 0 Å². The minimum atomic E-state index is -4.97. The molecule has 0 saturated carbocycles. The van der Waals surface area contributed by atoms with Crippen molar-refractivity contribution in [2.24, 2.45) is 0 Å². The first kappa shape index (κ1) is 29.0. The average molecular weight is 598 g/mol. The summed E-state index contributed by atoms with van der Waals surface area (Å²) in [7, 11) is 1.40. The summed E-state index contributed by atoms with van der Waals surface area (Å²) in [6.45, 7) is 5.38. The Hall–Kier alpha value is -4.48. The Kier molecular flexibility index (Phi) is 8.15. The lowest BCUT2D eigenvalue weighted by atomic mass is 10.1. The van der Waals surface area contributed by atoms with Crippen LogP contribution in [0.2, 0.25) is 0 Å². The number of nitrogens with zero attached hydrogens (tertiary/aromatic N) is 6. The summed E-state index contributed by atoms with van der Waals surface area (Å²) in [5.41, 5.74) is 0.0838. The number of methoxy groups -OCH3 is 1. The second-order valence-electron chi connectivity index (χ2n) is 9.22. The van der Waals surface area contributed by atoms with E-state index < -0.39 is 17.1 Å². The molecular weight excluding hydrogens is 571 g/mol. The Labute approximate surface area is 244 Å². The number of thioether (sulfide) groups is 1. The zero-order valence-corrected chi connectivity index (χ0v) is 23.3. The number of carbonyl (C=O) groups is 1. The fourth-order valence-electron chi connectivity index (χ4n) is 4.68. The van der Waals surface area contributed by atoms with Crippen LogP contribution < -0.4 is 15.0 Å². The second kappa shape index (κ2) is 11.8. The monoisotopic (exact) mass is 597 g/mol. The zero-order chi connectivity index (χ0) is 29.9. The molecule has 1 aromatic heterocycles. The highest BCUT2D eigenvalue weighted by molar-refractivity contribution is 8.04. The molecule has 3 aromatic rings. The molecule has 2 aliphatic rings. The maximum absolute atomic E-state index is 15.0. The normalized spacial score (nSPS) is 20.5. The van der Waals surface area contributed by atoms with E-state index in [1.54, 1.807) is 28.8 Å². The van der Waals surface area contributed by atoms with Gasteiger partial charge in [0.05, 0.1) is 26.0 Å². The van der Waals surface area contributed by atoms with Crippen molar-refractivity contribution < 1.29 is 27.4 Å². The summed E-state index contributed by atoms with van der Waals surface area (Å²) >= 11 is 0.303. The molecule has 2 saturated heterocycles. The van der Waals surface area contributed by atoms with Gasteiger partial charge in [0.2, 0.25) is 10.8 Å². The fraction of sp³-hybridized carbons (Fsp3) is 0.286. The number of carbonyl (C=O) groups excluding carboxylic acids is 1. The van der Waals surface area contributed by atoms with Crippen LogP contribution in [0, 0.1) is 11.3 Å². The van der Waals surface area contributed by atoms with Crippen LogP contribution in [0.5, 0.6) is 5.75 Å². The lowest BCUT2D eigenvalue weighted by molar-refractivity contribution is -0.168. The molecule has 0 spiro atoms. The smallest absolute Gasteiger partial charge is 0.425 e. The van der Waals surface area contributed by atoms with Gasteiger partial charge in [0.15, 0.2) is 5.82 Å². The van der Waals surface area contributed by atoms with Crippen molar-refractivity contribution in [3.05, 3.63) is 83.7 Å². The second-order valence-corrected chi connectivity index (χ2v) is 10.4. The van der Waals surface area contributed by atoms with Gasteiger partial charge in [-0.05, 0) is 29.8 Å².